The fourth-order valence-corrected chi connectivity index (χ4v) is 2.18. The molecule has 0 radical (unpaired) electrons. The third-order valence-electron chi connectivity index (χ3n) is 3.19. The molecule has 2 rings (SSSR count). The maximum atomic E-state index is 12.3. The molecule has 0 spiro atoms. The number of benzene rings is 1. The summed E-state index contributed by atoms with van der Waals surface area (Å²) in [6.45, 7) is 2.05. The van der Waals surface area contributed by atoms with Crippen LogP contribution in [0.15, 0.2) is 24.3 Å². The van der Waals surface area contributed by atoms with E-state index in [9.17, 15) is 9.59 Å². The number of hydrogen-bond donors (Lipinski definition) is 1. The molecule has 1 aromatic carbocycles. The molecule has 0 aliphatic carbocycles. The molecule has 1 aromatic rings. The number of nitrogens with zero attached hydrogens (tertiary/aromatic N) is 1. The summed E-state index contributed by atoms with van der Waals surface area (Å²) < 4.78 is 5.20. The number of unbranched alkanes of at least 4 members (excludes halogenated alkanes) is 1. The quantitative estimate of drug-likeness (QED) is 0.828. The lowest BCUT2D eigenvalue weighted by Crippen LogP contribution is -2.31. The van der Waals surface area contributed by atoms with Crippen LogP contribution in [-0.4, -0.2) is 25.1 Å². The fourth-order valence-electron chi connectivity index (χ4n) is 2.18. The number of carbonyl (C=O) groups is 2. The number of urea groups is 1. The third kappa shape index (κ3) is 2.54. The first-order valence-electron chi connectivity index (χ1n) is 6.46. The van der Waals surface area contributed by atoms with Gasteiger partial charge in [-0.05, 0) is 18.6 Å². The van der Waals surface area contributed by atoms with Crippen LogP contribution in [0, 0.1) is 0 Å². The fraction of sp³-hybridized carbons (Fsp3) is 0.429. The van der Waals surface area contributed by atoms with Gasteiger partial charge in [-0.25, -0.2) is 9.69 Å². The van der Waals surface area contributed by atoms with E-state index in [4.69, 9.17) is 4.74 Å². The summed E-state index contributed by atoms with van der Waals surface area (Å²) in [4.78, 5) is 25.4. The van der Waals surface area contributed by atoms with Crippen molar-refractivity contribution in [2.75, 3.05) is 12.0 Å². The highest BCUT2D eigenvalue weighted by Crippen LogP contribution is 2.30. The van der Waals surface area contributed by atoms with Gasteiger partial charge in [-0.1, -0.05) is 31.9 Å². The number of nitrogens with one attached hydrogen (secondary N) is 1. The number of ether oxygens (including phenoxy) is 1. The van der Waals surface area contributed by atoms with Gasteiger partial charge in [-0.15, -0.1) is 0 Å². The molecule has 1 unspecified atom stereocenters. The second-order valence-corrected chi connectivity index (χ2v) is 4.49. The van der Waals surface area contributed by atoms with E-state index >= 15 is 0 Å². The summed E-state index contributed by atoms with van der Waals surface area (Å²) >= 11 is 0. The average Bonchev–Trinajstić information content (AvgIpc) is 2.71. The maximum absolute atomic E-state index is 12.3. The Morgan fingerprint density at radius 3 is 2.74 bits per heavy atom. The molecule has 1 heterocycles. The second kappa shape index (κ2) is 5.73. The predicted molar refractivity (Wildman–Crippen MR) is 72.3 cm³/mol. The number of carbonyl (C=O) groups excluding carboxylic acids is 2. The van der Waals surface area contributed by atoms with E-state index in [0.717, 1.165) is 12.8 Å². The third-order valence-corrected chi connectivity index (χ3v) is 3.19. The Morgan fingerprint density at radius 1 is 1.32 bits per heavy atom. The minimum atomic E-state index is -0.419. The van der Waals surface area contributed by atoms with Gasteiger partial charge in [0.2, 0.25) is 0 Å². The highest BCUT2D eigenvalue weighted by molar-refractivity contribution is 6.22. The summed E-state index contributed by atoms with van der Waals surface area (Å²) in [6.07, 6.45) is 2.58. The van der Waals surface area contributed by atoms with E-state index in [-0.39, 0.29) is 11.9 Å². The Kier molecular flexibility index (Phi) is 4.04. The van der Waals surface area contributed by atoms with Gasteiger partial charge in [0.15, 0.2) is 0 Å². The molecule has 1 aliphatic rings. The molecular weight excluding hydrogens is 244 g/mol. The van der Waals surface area contributed by atoms with Crippen LogP contribution in [0.2, 0.25) is 0 Å². The molecule has 5 heteroatoms. The Labute approximate surface area is 112 Å². The molecule has 1 N–H and O–H groups in total. The maximum Gasteiger partial charge on any atom is 0.329 e. The topological polar surface area (TPSA) is 58.6 Å². The summed E-state index contributed by atoms with van der Waals surface area (Å²) in [7, 11) is 1.52. The Morgan fingerprint density at radius 2 is 2.05 bits per heavy atom. The standard InChI is InChI=1S/C14H18N2O3/c1-3-4-7-10-13(17)16(14(18)15-10)11-8-5-6-9-12(11)19-2/h5-6,8-10H,3-4,7H2,1-2H3,(H,15,18). The summed E-state index contributed by atoms with van der Waals surface area (Å²) in [5.74, 6) is 0.310. The number of para-hydroxylation sites is 2. The van der Waals surface area contributed by atoms with Crippen LogP contribution in [0.4, 0.5) is 10.5 Å². The van der Waals surface area contributed by atoms with Crippen molar-refractivity contribution in [3.63, 3.8) is 0 Å². The molecule has 1 atom stereocenters. The van der Waals surface area contributed by atoms with Gasteiger partial charge in [0.05, 0.1) is 12.8 Å². The molecule has 19 heavy (non-hydrogen) atoms. The van der Waals surface area contributed by atoms with Crippen molar-refractivity contribution in [2.24, 2.45) is 0 Å². The summed E-state index contributed by atoms with van der Waals surface area (Å²) in [5.41, 5.74) is 0.492. The van der Waals surface area contributed by atoms with E-state index in [1.165, 1.54) is 12.0 Å². The molecular formula is C14H18N2O3. The number of hydrogen-bond acceptors (Lipinski definition) is 3. The molecule has 5 nitrogen and oxygen atoms in total. The van der Waals surface area contributed by atoms with Gasteiger partial charge < -0.3 is 10.1 Å². The van der Waals surface area contributed by atoms with Gasteiger partial charge in [0, 0.05) is 0 Å². The average molecular weight is 262 g/mol. The van der Waals surface area contributed by atoms with Gasteiger partial charge in [-0.2, -0.15) is 0 Å². The van der Waals surface area contributed by atoms with Crippen molar-refractivity contribution in [2.45, 2.75) is 32.2 Å². The molecule has 1 aliphatic heterocycles. The molecule has 1 fully saturated rings. The zero-order chi connectivity index (χ0) is 13.8. The first kappa shape index (κ1) is 13.4. The minimum absolute atomic E-state index is 0.206. The lowest BCUT2D eigenvalue weighted by molar-refractivity contribution is -0.118. The Bertz CT molecular complexity index is 487. The van der Waals surface area contributed by atoms with Crippen LogP contribution < -0.4 is 15.0 Å². The normalized spacial score (nSPS) is 18.6. The number of anilines is 1. The van der Waals surface area contributed by atoms with E-state index in [1.54, 1.807) is 24.3 Å². The van der Waals surface area contributed by atoms with Crippen molar-refractivity contribution in [1.82, 2.24) is 5.32 Å². The largest absolute Gasteiger partial charge is 0.495 e. The SMILES string of the molecule is CCCCC1NC(=O)N(c2ccccc2OC)C1=O. The second-order valence-electron chi connectivity index (χ2n) is 4.49. The smallest absolute Gasteiger partial charge is 0.329 e. The predicted octanol–water partition coefficient (Wildman–Crippen LogP) is 2.31. The lowest BCUT2D eigenvalue weighted by atomic mass is 10.1. The molecule has 1 saturated heterocycles. The first-order chi connectivity index (χ1) is 9.19. The molecule has 0 bridgehead atoms. The zero-order valence-corrected chi connectivity index (χ0v) is 11.2. The molecule has 102 valence electrons. The molecule has 0 saturated carbocycles. The monoisotopic (exact) mass is 262 g/mol. The van der Waals surface area contributed by atoms with E-state index in [0.29, 0.717) is 17.9 Å². The minimum Gasteiger partial charge on any atom is -0.495 e. The highest BCUT2D eigenvalue weighted by atomic mass is 16.5. The van der Waals surface area contributed by atoms with E-state index in [2.05, 4.69) is 12.2 Å². The van der Waals surface area contributed by atoms with E-state index in [1.807, 2.05) is 0 Å². The number of amides is 3. The van der Waals surface area contributed by atoms with Crippen LogP contribution in [0.1, 0.15) is 26.2 Å². The van der Waals surface area contributed by atoms with Crippen molar-refractivity contribution < 1.29 is 14.3 Å². The van der Waals surface area contributed by atoms with Crippen molar-refractivity contribution in [1.29, 1.82) is 0 Å². The molecule has 3 amide bonds. The van der Waals surface area contributed by atoms with Crippen molar-refractivity contribution in [3.05, 3.63) is 24.3 Å². The van der Waals surface area contributed by atoms with Crippen molar-refractivity contribution >= 4 is 17.6 Å². The molecule has 0 aromatic heterocycles. The Balaban J connectivity index is 2.25. The van der Waals surface area contributed by atoms with Crippen LogP contribution in [0.25, 0.3) is 0 Å². The number of methoxy groups -OCH3 is 1. The van der Waals surface area contributed by atoms with Gasteiger partial charge in [-0.3, -0.25) is 4.79 Å². The van der Waals surface area contributed by atoms with Crippen LogP contribution in [-0.2, 0) is 4.79 Å². The first-order valence-corrected chi connectivity index (χ1v) is 6.46. The van der Waals surface area contributed by atoms with Gasteiger partial charge in [0.25, 0.3) is 5.91 Å². The number of rotatable bonds is 5. The van der Waals surface area contributed by atoms with Crippen LogP contribution in [0.5, 0.6) is 5.75 Å². The van der Waals surface area contributed by atoms with Crippen LogP contribution in [0.3, 0.4) is 0 Å². The zero-order valence-electron chi connectivity index (χ0n) is 11.2. The van der Waals surface area contributed by atoms with Gasteiger partial charge >= 0.3 is 6.03 Å². The lowest BCUT2D eigenvalue weighted by Gasteiger charge is -2.16. The van der Waals surface area contributed by atoms with E-state index < -0.39 is 6.04 Å². The van der Waals surface area contributed by atoms with Crippen molar-refractivity contribution in [3.8, 4) is 5.75 Å². The summed E-state index contributed by atoms with van der Waals surface area (Å²) in [5, 5.41) is 2.72. The van der Waals surface area contributed by atoms with Gasteiger partial charge in [0.1, 0.15) is 11.8 Å². The van der Waals surface area contributed by atoms with Crippen LogP contribution >= 0.6 is 0 Å². The summed E-state index contributed by atoms with van der Waals surface area (Å²) in [6, 6.07) is 6.22. The number of imide groups is 1. The Hall–Kier alpha value is -2.04. The highest BCUT2D eigenvalue weighted by Gasteiger charge is 2.39.